The molecule has 0 unspecified atom stereocenters. The summed E-state index contributed by atoms with van der Waals surface area (Å²) in [6, 6.07) is 11.1. The molecule has 2 aromatic carbocycles. The average molecular weight is 384 g/mol. The summed E-state index contributed by atoms with van der Waals surface area (Å²) in [5.41, 5.74) is 0.430. The van der Waals surface area contributed by atoms with Crippen molar-refractivity contribution in [3.8, 4) is 11.5 Å². The smallest absolute Gasteiger partial charge is 0.340 e. The lowest BCUT2D eigenvalue weighted by Gasteiger charge is -2.12. The van der Waals surface area contributed by atoms with Crippen molar-refractivity contribution in [1.29, 1.82) is 0 Å². The van der Waals surface area contributed by atoms with Crippen molar-refractivity contribution in [3.63, 3.8) is 0 Å². The highest BCUT2D eigenvalue weighted by Crippen LogP contribution is 2.35. The summed E-state index contributed by atoms with van der Waals surface area (Å²) >= 11 is 12.0. The zero-order valence-electron chi connectivity index (χ0n) is 12.4. The van der Waals surface area contributed by atoms with Gasteiger partial charge < -0.3 is 8.92 Å². The minimum atomic E-state index is -4.19. The molecule has 0 saturated carbocycles. The first-order chi connectivity index (χ1) is 11.4. The molecule has 0 aliphatic rings. The zero-order chi connectivity index (χ0) is 17.3. The summed E-state index contributed by atoms with van der Waals surface area (Å²) in [6.45, 7) is 0. The van der Waals surface area contributed by atoms with E-state index >= 15 is 0 Å². The van der Waals surface area contributed by atoms with E-state index in [1.807, 2.05) is 0 Å². The van der Waals surface area contributed by atoms with Crippen LogP contribution in [0.15, 0.2) is 53.6 Å². The van der Waals surface area contributed by atoms with Crippen LogP contribution in [0.3, 0.4) is 0 Å². The monoisotopic (exact) mass is 383 g/mol. The molecule has 0 radical (unpaired) electrons. The molecule has 0 N–H and O–H groups in total. The van der Waals surface area contributed by atoms with E-state index < -0.39 is 10.1 Å². The van der Waals surface area contributed by atoms with Gasteiger partial charge in [-0.25, -0.2) is 0 Å². The number of fused-ring (bicyclic) bond motifs is 1. The number of hydrogen-bond acceptors (Lipinski definition) is 5. The number of hydrogen-bond donors (Lipinski definition) is 0. The molecule has 0 atom stereocenters. The highest BCUT2D eigenvalue weighted by atomic mass is 35.5. The van der Waals surface area contributed by atoms with E-state index in [1.54, 1.807) is 30.5 Å². The first-order valence-corrected chi connectivity index (χ1v) is 8.90. The van der Waals surface area contributed by atoms with Gasteiger partial charge in [-0.1, -0.05) is 41.4 Å². The Labute approximate surface area is 148 Å². The van der Waals surface area contributed by atoms with Crippen LogP contribution in [0, 0.1) is 0 Å². The van der Waals surface area contributed by atoms with E-state index in [2.05, 4.69) is 4.98 Å². The number of pyridine rings is 1. The molecule has 0 aliphatic carbocycles. The second-order valence-electron chi connectivity index (χ2n) is 4.79. The number of nitrogens with zero attached hydrogens (tertiary/aromatic N) is 1. The molecule has 0 aliphatic heterocycles. The Kier molecular flexibility index (Phi) is 4.54. The van der Waals surface area contributed by atoms with E-state index in [1.165, 1.54) is 25.3 Å². The summed E-state index contributed by atoms with van der Waals surface area (Å²) < 4.78 is 35.4. The molecular formula is C16H11Cl2NO4S. The second kappa shape index (κ2) is 6.47. The summed E-state index contributed by atoms with van der Waals surface area (Å²) in [5, 5.41) is 0.814. The molecule has 0 bridgehead atoms. The standard InChI is InChI=1S/C16H11Cl2NO4S/c1-22-14-8-12(18)15(9-11(14)17)24(20,21)23-13-6-2-4-10-5-3-7-19-16(10)13/h2-9H,1H3. The Morgan fingerprint density at radius 1 is 1.00 bits per heavy atom. The van der Waals surface area contributed by atoms with Crippen LogP contribution in [0.4, 0.5) is 0 Å². The van der Waals surface area contributed by atoms with Crippen LogP contribution in [0.5, 0.6) is 11.5 Å². The molecule has 3 aromatic rings. The minimum Gasteiger partial charge on any atom is -0.495 e. The van der Waals surface area contributed by atoms with E-state index in [4.69, 9.17) is 32.1 Å². The van der Waals surface area contributed by atoms with Gasteiger partial charge in [0.2, 0.25) is 0 Å². The van der Waals surface area contributed by atoms with Gasteiger partial charge >= 0.3 is 10.1 Å². The van der Waals surface area contributed by atoms with Gasteiger partial charge in [0.15, 0.2) is 5.75 Å². The average Bonchev–Trinajstić information content (AvgIpc) is 2.56. The van der Waals surface area contributed by atoms with Gasteiger partial charge in [0.1, 0.15) is 16.2 Å². The zero-order valence-corrected chi connectivity index (χ0v) is 14.7. The number of ether oxygens (including phenoxy) is 1. The molecular weight excluding hydrogens is 373 g/mol. The Bertz CT molecular complexity index is 1020. The predicted molar refractivity (Wildman–Crippen MR) is 92.6 cm³/mol. The van der Waals surface area contributed by atoms with Crippen molar-refractivity contribution in [2.75, 3.05) is 7.11 Å². The first-order valence-electron chi connectivity index (χ1n) is 6.73. The highest BCUT2D eigenvalue weighted by molar-refractivity contribution is 7.87. The summed E-state index contributed by atoms with van der Waals surface area (Å²) in [6.07, 6.45) is 1.55. The van der Waals surface area contributed by atoms with Crippen molar-refractivity contribution >= 4 is 44.2 Å². The number of aromatic nitrogens is 1. The van der Waals surface area contributed by atoms with Crippen LogP contribution in [0.25, 0.3) is 10.9 Å². The van der Waals surface area contributed by atoms with Crippen molar-refractivity contribution in [2.45, 2.75) is 4.90 Å². The fourth-order valence-electron chi connectivity index (χ4n) is 2.16. The summed E-state index contributed by atoms with van der Waals surface area (Å²) in [7, 11) is -2.79. The van der Waals surface area contributed by atoms with E-state index in [9.17, 15) is 8.42 Å². The fraction of sp³-hybridized carbons (Fsp3) is 0.0625. The van der Waals surface area contributed by atoms with Crippen LogP contribution in [0.2, 0.25) is 10.0 Å². The number of halogens is 2. The summed E-state index contributed by atoms with van der Waals surface area (Å²) in [4.78, 5) is 3.91. The number of para-hydroxylation sites is 1. The minimum absolute atomic E-state index is 0.0514. The molecule has 3 rings (SSSR count). The first kappa shape index (κ1) is 16.8. The molecule has 1 heterocycles. The predicted octanol–water partition coefficient (Wildman–Crippen LogP) is 4.32. The Balaban J connectivity index is 2.07. The molecule has 5 nitrogen and oxygen atoms in total. The molecule has 0 amide bonds. The molecule has 124 valence electrons. The maximum atomic E-state index is 12.6. The quantitative estimate of drug-likeness (QED) is 0.627. The number of methoxy groups -OCH3 is 1. The highest BCUT2D eigenvalue weighted by Gasteiger charge is 2.24. The Morgan fingerprint density at radius 3 is 2.50 bits per heavy atom. The topological polar surface area (TPSA) is 65.5 Å². The fourth-order valence-corrected chi connectivity index (χ4v) is 3.93. The van der Waals surface area contributed by atoms with Crippen LogP contribution < -0.4 is 8.92 Å². The largest absolute Gasteiger partial charge is 0.495 e. The van der Waals surface area contributed by atoms with Gasteiger partial charge in [0.25, 0.3) is 0 Å². The van der Waals surface area contributed by atoms with Gasteiger partial charge in [-0.15, -0.1) is 0 Å². The summed E-state index contributed by atoms with van der Waals surface area (Å²) in [5.74, 6) is 0.378. The van der Waals surface area contributed by atoms with Gasteiger partial charge in [0, 0.05) is 17.6 Å². The maximum Gasteiger partial charge on any atom is 0.340 e. The normalized spacial score (nSPS) is 11.5. The van der Waals surface area contributed by atoms with Crippen molar-refractivity contribution < 1.29 is 17.3 Å². The third-order valence-electron chi connectivity index (χ3n) is 3.27. The van der Waals surface area contributed by atoms with E-state index in [-0.39, 0.29) is 26.4 Å². The van der Waals surface area contributed by atoms with Crippen LogP contribution in [-0.4, -0.2) is 20.5 Å². The lowest BCUT2D eigenvalue weighted by molar-refractivity contribution is 0.414. The lowest BCUT2D eigenvalue weighted by Crippen LogP contribution is -2.11. The van der Waals surface area contributed by atoms with Crippen molar-refractivity contribution in [1.82, 2.24) is 4.98 Å². The van der Waals surface area contributed by atoms with Crippen LogP contribution >= 0.6 is 23.2 Å². The van der Waals surface area contributed by atoms with Crippen molar-refractivity contribution in [3.05, 3.63) is 58.7 Å². The number of benzene rings is 2. The SMILES string of the molecule is COc1cc(Cl)c(S(=O)(=O)Oc2cccc3cccnc23)cc1Cl. The van der Waals surface area contributed by atoms with Gasteiger partial charge in [-0.2, -0.15) is 8.42 Å². The number of rotatable bonds is 4. The third kappa shape index (κ3) is 3.13. The molecule has 8 heteroatoms. The van der Waals surface area contributed by atoms with Gasteiger partial charge in [0.05, 0.1) is 17.2 Å². The van der Waals surface area contributed by atoms with Gasteiger partial charge in [-0.05, 0) is 18.2 Å². The Morgan fingerprint density at radius 2 is 1.75 bits per heavy atom. The van der Waals surface area contributed by atoms with Crippen molar-refractivity contribution in [2.24, 2.45) is 0 Å². The lowest BCUT2D eigenvalue weighted by atomic mass is 10.2. The van der Waals surface area contributed by atoms with Crippen LogP contribution in [-0.2, 0) is 10.1 Å². The second-order valence-corrected chi connectivity index (χ2v) is 7.12. The molecule has 24 heavy (non-hydrogen) atoms. The third-order valence-corrected chi connectivity index (χ3v) is 5.27. The van der Waals surface area contributed by atoms with E-state index in [0.717, 1.165) is 5.39 Å². The molecule has 0 saturated heterocycles. The molecule has 0 fully saturated rings. The molecule has 0 spiro atoms. The maximum absolute atomic E-state index is 12.6. The Hall–Kier alpha value is -2.02. The van der Waals surface area contributed by atoms with E-state index in [0.29, 0.717) is 5.52 Å². The molecule has 1 aromatic heterocycles. The van der Waals surface area contributed by atoms with Crippen LogP contribution in [0.1, 0.15) is 0 Å². The van der Waals surface area contributed by atoms with Gasteiger partial charge in [-0.3, -0.25) is 4.98 Å².